The van der Waals surface area contributed by atoms with Gasteiger partial charge in [-0.15, -0.1) is 24.0 Å². The van der Waals surface area contributed by atoms with Crippen LogP contribution < -0.4 is 20.3 Å². The second kappa shape index (κ2) is 12.6. The first-order valence-electron chi connectivity index (χ1n) is 9.29. The maximum absolute atomic E-state index is 11.7. The maximum atomic E-state index is 11.7. The number of aliphatic imine (C=N–C) groups is 1. The van der Waals surface area contributed by atoms with E-state index < -0.39 is 0 Å². The molecule has 0 bridgehead atoms. The van der Waals surface area contributed by atoms with E-state index in [-0.39, 0.29) is 29.9 Å². The number of rotatable bonds is 7. The number of halogens is 1. The first-order chi connectivity index (χ1) is 12.7. The van der Waals surface area contributed by atoms with Gasteiger partial charge in [0.2, 0.25) is 5.91 Å². The van der Waals surface area contributed by atoms with E-state index in [0.717, 1.165) is 50.9 Å². The van der Waals surface area contributed by atoms with Crippen molar-refractivity contribution in [1.29, 1.82) is 0 Å². The molecule has 0 unspecified atom stereocenters. The van der Waals surface area contributed by atoms with Gasteiger partial charge in [0.25, 0.3) is 0 Å². The molecule has 1 fully saturated rings. The lowest BCUT2D eigenvalue weighted by atomic mass is 10.2. The number of hydrogen-bond acceptors (Lipinski definition) is 4. The minimum atomic E-state index is 0. The lowest BCUT2D eigenvalue weighted by Crippen LogP contribution is -2.52. The van der Waals surface area contributed by atoms with E-state index in [1.54, 1.807) is 14.2 Å². The number of carbonyl (C=O) groups excluding carboxylic acids is 1. The molecule has 0 radical (unpaired) electrons. The van der Waals surface area contributed by atoms with E-state index in [9.17, 15) is 4.79 Å². The van der Waals surface area contributed by atoms with Gasteiger partial charge in [0.15, 0.2) is 5.96 Å². The van der Waals surface area contributed by atoms with Crippen LogP contribution in [0.25, 0.3) is 0 Å². The number of ether oxygens (including phenoxy) is 1. The second-order valence-electron chi connectivity index (χ2n) is 6.25. The van der Waals surface area contributed by atoms with Gasteiger partial charge in [-0.05, 0) is 18.6 Å². The van der Waals surface area contributed by atoms with Crippen LogP contribution in [0.2, 0.25) is 0 Å². The van der Waals surface area contributed by atoms with E-state index in [4.69, 9.17) is 4.74 Å². The van der Waals surface area contributed by atoms with E-state index in [1.807, 2.05) is 19.1 Å². The molecule has 0 aromatic heterocycles. The van der Waals surface area contributed by atoms with Crippen molar-refractivity contribution in [3.05, 3.63) is 24.3 Å². The summed E-state index contributed by atoms with van der Waals surface area (Å²) in [6, 6.07) is 8.16. The Kier molecular flexibility index (Phi) is 10.9. The SMILES string of the molecule is CCCNC(=O)CCNC(=NC)N1CCN(c2cccc(OC)c2)CC1.I. The zero-order chi connectivity index (χ0) is 18.8. The highest BCUT2D eigenvalue weighted by Gasteiger charge is 2.20. The largest absolute Gasteiger partial charge is 0.497 e. The molecule has 1 aromatic carbocycles. The Morgan fingerprint density at radius 1 is 1.19 bits per heavy atom. The number of piperazine rings is 1. The molecule has 8 heteroatoms. The van der Waals surface area contributed by atoms with Gasteiger partial charge in [0.05, 0.1) is 7.11 Å². The molecule has 2 N–H and O–H groups in total. The predicted molar refractivity (Wildman–Crippen MR) is 121 cm³/mol. The van der Waals surface area contributed by atoms with Crippen LogP contribution in [0.1, 0.15) is 19.8 Å². The Morgan fingerprint density at radius 2 is 1.93 bits per heavy atom. The molecule has 2 rings (SSSR count). The van der Waals surface area contributed by atoms with Crippen molar-refractivity contribution in [3.63, 3.8) is 0 Å². The lowest BCUT2D eigenvalue weighted by Gasteiger charge is -2.37. The topological polar surface area (TPSA) is 69.2 Å². The van der Waals surface area contributed by atoms with Gasteiger partial charge in [-0.2, -0.15) is 0 Å². The summed E-state index contributed by atoms with van der Waals surface area (Å²) in [6.07, 6.45) is 1.42. The number of carbonyl (C=O) groups is 1. The average molecular weight is 489 g/mol. The summed E-state index contributed by atoms with van der Waals surface area (Å²) in [5, 5.41) is 6.18. The van der Waals surface area contributed by atoms with E-state index in [2.05, 4.69) is 37.6 Å². The highest BCUT2D eigenvalue weighted by molar-refractivity contribution is 14.0. The number of methoxy groups -OCH3 is 1. The fraction of sp³-hybridized carbons (Fsp3) is 0.579. The van der Waals surface area contributed by atoms with Crippen molar-refractivity contribution in [1.82, 2.24) is 15.5 Å². The monoisotopic (exact) mass is 489 g/mol. The lowest BCUT2D eigenvalue weighted by molar-refractivity contribution is -0.120. The van der Waals surface area contributed by atoms with Gasteiger partial charge in [-0.3, -0.25) is 9.79 Å². The van der Waals surface area contributed by atoms with Crippen molar-refractivity contribution in [2.24, 2.45) is 4.99 Å². The van der Waals surface area contributed by atoms with Crippen molar-refractivity contribution in [2.75, 3.05) is 58.3 Å². The smallest absolute Gasteiger partial charge is 0.221 e. The van der Waals surface area contributed by atoms with Crippen LogP contribution in [0, 0.1) is 0 Å². The summed E-state index contributed by atoms with van der Waals surface area (Å²) in [6.45, 7) is 7.00. The number of amides is 1. The summed E-state index contributed by atoms with van der Waals surface area (Å²) in [5.74, 6) is 1.82. The van der Waals surface area contributed by atoms with Crippen molar-refractivity contribution < 1.29 is 9.53 Å². The molecule has 1 aliphatic heterocycles. The molecule has 27 heavy (non-hydrogen) atoms. The summed E-state index contributed by atoms with van der Waals surface area (Å²) < 4.78 is 5.31. The van der Waals surface area contributed by atoms with Crippen LogP contribution in [0.15, 0.2) is 29.3 Å². The summed E-state index contributed by atoms with van der Waals surface area (Å²) >= 11 is 0. The van der Waals surface area contributed by atoms with Crippen LogP contribution in [0.5, 0.6) is 5.75 Å². The maximum Gasteiger partial charge on any atom is 0.221 e. The number of hydrogen-bond donors (Lipinski definition) is 2. The Hall–Kier alpha value is -1.71. The average Bonchev–Trinajstić information content (AvgIpc) is 2.70. The molecule has 1 heterocycles. The van der Waals surface area contributed by atoms with Gasteiger partial charge in [-0.25, -0.2) is 0 Å². The van der Waals surface area contributed by atoms with Crippen LogP contribution in [0.3, 0.4) is 0 Å². The van der Waals surface area contributed by atoms with Gasteiger partial charge < -0.3 is 25.2 Å². The summed E-state index contributed by atoms with van der Waals surface area (Å²) in [7, 11) is 3.48. The molecule has 1 aliphatic rings. The Bertz CT molecular complexity index is 604. The molecule has 0 aliphatic carbocycles. The number of nitrogens with one attached hydrogen (secondary N) is 2. The number of anilines is 1. The standard InChI is InChI=1S/C19H31N5O2.HI/c1-4-9-21-18(25)8-10-22-19(20-2)24-13-11-23(12-14-24)16-6-5-7-17(15-16)26-3;/h5-7,15H,4,8-14H2,1-3H3,(H,20,22)(H,21,25);1H. The van der Waals surface area contributed by atoms with Gasteiger partial charge in [0.1, 0.15) is 5.75 Å². The molecule has 0 atom stereocenters. The highest BCUT2D eigenvalue weighted by atomic mass is 127. The Balaban J connectivity index is 0.00000364. The molecule has 152 valence electrons. The van der Waals surface area contributed by atoms with Crippen LogP contribution in [-0.2, 0) is 4.79 Å². The first kappa shape index (κ1) is 23.3. The van der Waals surface area contributed by atoms with E-state index in [0.29, 0.717) is 13.0 Å². The second-order valence-corrected chi connectivity index (χ2v) is 6.25. The summed E-state index contributed by atoms with van der Waals surface area (Å²) in [5.41, 5.74) is 1.18. The third-order valence-electron chi connectivity index (χ3n) is 4.42. The molecule has 0 saturated carbocycles. The predicted octanol–water partition coefficient (Wildman–Crippen LogP) is 1.93. The molecule has 1 aromatic rings. The van der Waals surface area contributed by atoms with Crippen LogP contribution in [-0.4, -0.2) is 70.2 Å². The quantitative estimate of drug-likeness (QED) is 0.348. The zero-order valence-corrected chi connectivity index (χ0v) is 18.9. The zero-order valence-electron chi connectivity index (χ0n) is 16.5. The summed E-state index contributed by atoms with van der Waals surface area (Å²) in [4.78, 5) is 20.6. The fourth-order valence-corrected chi connectivity index (χ4v) is 2.96. The van der Waals surface area contributed by atoms with Crippen LogP contribution >= 0.6 is 24.0 Å². The highest BCUT2D eigenvalue weighted by Crippen LogP contribution is 2.22. The van der Waals surface area contributed by atoms with E-state index in [1.165, 1.54) is 5.69 Å². The van der Waals surface area contributed by atoms with Crippen LogP contribution in [0.4, 0.5) is 5.69 Å². The number of benzene rings is 1. The molecular weight excluding hydrogens is 457 g/mol. The third-order valence-corrected chi connectivity index (χ3v) is 4.42. The van der Waals surface area contributed by atoms with Gasteiger partial charge in [0, 0.05) is 64.5 Å². The molecule has 1 amide bonds. The minimum absolute atomic E-state index is 0. The Labute approximate surface area is 179 Å². The third kappa shape index (κ3) is 7.43. The molecular formula is C19H32IN5O2. The molecule has 1 saturated heterocycles. The normalized spacial score (nSPS) is 14.4. The molecule has 7 nitrogen and oxygen atoms in total. The van der Waals surface area contributed by atoms with Gasteiger partial charge in [-0.1, -0.05) is 13.0 Å². The number of nitrogens with zero attached hydrogens (tertiary/aromatic N) is 3. The Morgan fingerprint density at radius 3 is 2.56 bits per heavy atom. The fourth-order valence-electron chi connectivity index (χ4n) is 2.96. The van der Waals surface area contributed by atoms with E-state index >= 15 is 0 Å². The van der Waals surface area contributed by atoms with Crippen molar-refractivity contribution in [3.8, 4) is 5.75 Å². The van der Waals surface area contributed by atoms with Crippen molar-refractivity contribution >= 4 is 41.5 Å². The molecule has 0 spiro atoms. The van der Waals surface area contributed by atoms with Crippen molar-refractivity contribution in [2.45, 2.75) is 19.8 Å². The van der Waals surface area contributed by atoms with Gasteiger partial charge >= 0.3 is 0 Å². The minimum Gasteiger partial charge on any atom is -0.497 e. The number of guanidine groups is 1. The first-order valence-corrected chi connectivity index (χ1v) is 9.29.